The molecule has 2 unspecified atom stereocenters. The number of nitrogens with two attached hydrogens (primary N) is 1. The highest BCUT2D eigenvalue weighted by atomic mass is 16.3. The fraction of sp³-hybridized carbons (Fsp3) is 1.00. The lowest BCUT2D eigenvalue weighted by Gasteiger charge is -2.26. The van der Waals surface area contributed by atoms with Gasteiger partial charge in [0.05, 0.1) is 12.7 Å². The summed E-state index contributed by atoms with van der Waals surface area (Å²) in [6, 6.07) is -0.243. The third kappa shape index (κ3) is 3.63. The number of rotatable bonds is 4. The lowest BCUT2D eigenvalue weighted by atomic mass is 9.84. The van der Waals surface area contributed by atoms with E-state index in [1.54, 1.807) is 0 Å². The van der Waals surface area contributed by atoms with Crippen molar-refractivity contribution < 1.29 is 10.2 Å². The molecule has 78 valence electrons. The highest BCUT2D eigenvalue weighted by molar-refractivity contribution is 4.76. The number of hydrogen-bond acceptors (Lipinski definition) is 3. The molecule has 0 aromatic carbocycles. The van der Waals surface area contributed by atoms with E-state index in [4.69, 9.17) is 10.8 Å². The lowest BCUT2D eigenvalue weighted by molar-refractivity contribution is 0.0646. The summed E-state index contributed by atoms with van der Waals surface area (Å²) < 4.78 is 0. The van der Waals surface area contributed by atoms with Gasteiger partial charge in [-0.05, 0) is 12.3 Å². The SMILES string of the molecule is NC(CC1CCCCC1)C(O)CO. The van der Waals surface area contributed by atoms with Gasteiger partial charge in [-0.1, -0.05) is 32.1 Å². The average Bonchev–Trinajstić information content (AvgIpc) is 2.18. The van der Waals surface area contributed by atoms with E-state index in [2.05, 4.69) is 0 Å². The molecule has 3 nitrogen and oxygen atoms in total. The van der Waals surface area contributed by atoms with E-state index < -0.39 is 6.10 Å². The summed E-state index contributed by atoms with van der Waals surface area (Å²) in [7, 11) is 0. The summed E-state index contributed by atoms with van der Waals surface area (Å²) >= 11 is 0. The maximum atomic E-state index is 9.28. The van der Waals surface area contributed by atoms with E-state index in [1.165, 1.54) is 32.1 Å². The standard InChI is InChI=1S/C10H21NO2/c11-9(10(13)7-12)6-8-4-2-1-3-5-8/h8-10,12-13H,1-7,11H2. The molecule has 1 aliphatic carbocycles. The topological polar surface area (TPSA) is 66.5 Å². The molecule has 0 aliphatic heterocycles. The second-order valence-electron chi connectivity index (χ2n) is 4.15. The fourth-order valence-corrected chi connectivity index (χ4v) is 2.10. The summed E-state index contributed by atoms with van der Waals surface area (Å²) in [5, 5.41) is 18.0. The maximum absolute atomic E-state index is 9.28. The van der Waals surface area contributed by atoms with Gasteiger partial charge in [0.2, 0.25) is 0 Å². The number of aliphatic hydroxyl groups is 2. The molecule has 0 spiro atoms. The minimum absolute atomic E-state index is 0.214. The van der Waals surface area contributed by atoms with Crippen LogP contribution in [0.3, 0.4) is 0 Å². The Morgan fingerprint density at radius 1 is 1.23 bits per heavy atom. The van der Waals surface area contributed by atoms with Gasteiger partial charge in [-0.25, -0.2) is 0 Å². The zero-order chi connectivity index (χ0) is 9.68. The first-order chi connectivity index (χ1) is 6.24. The van der Waals surface area contributed by atoms with Crippen LogP contribution in [-0.4, -0.2) is 29.0 Å². The first-order valence-corrected chi connectivity index (χ1v) is 5.28. The molecule has 0 saturated heterocycles. The van der Waals surface area contributed by atoms with Crippen LogP contribution in [0.1, 0.15) is 38.5 Å². The molecule has 1 fully saturated rings. The van der Waals surface area contributed by atoms with Gasteiger partial charge in [0.15, 0.2) is 0 Å². The van der Waals surface area contributed by atoms with Crippen LogP contribution in [0, 0.1) is 5.92 Å². The Morgan fingerprint density at radius 3 is 2.38 bits per heavy atom. The molecule has 0 heterocycles. The zero-order valence-electron chi connectivity index (χ0n) is 8.15. The molecule has 2 atom stereocenters. The summed E-state index contributed by atoms with van der Waals surface area (Å²) in [5.74, 6) is 0.671. The van der Waals surface area contributed by atoms with Crippen LogP contribution in [0.2, 0.25) is 0 Å². The minimum Gasteiger partial charge on any atom is -0.394 e. The van der Waals surface area contributed by atoms with Gasteiger partial charge in [-0.15, -0.1) is 0 Å². The number of hydrogen-bond donors (Lipinski definition) is 3. The molecule has 0 aromatic heterocycles. The lowest BCUT2D eigenvalue weighted by Crippen LogP contribution is -2.39. The van der Waals surface area contributed by atoms with Crippen molar-refractivity contribution in [1.29, 1.82) is 0 Å². The van der Waals surface area contributed by atoms with Crippen LogP contribution in [0.4, 0.5) is 0 Å². The Hall–Kier alpha value is -0.120. The molecular weight excluding hydrogens is 166 g/mol. The Labute approximate surface area is 79.9 Å². The quantitative estimate of drug-likeness (QED) is 0.605. The largest absolute Gasteiger partial charge is 0.394 e. The van der Waals surface area contributed by atoms with Crippen molar-refractivity contribution >= 4 is 0 Å². The van der Waals surface area contributed by atoms with Crippen molar-refractivity contribution in [2.24, 2.45) is 11.7 Å². The summed E-state index contributed by atoms with van der Waals surface area (Å²) in [6.07, 6.45) is 6.55. The molecule has 3 heteroatoms. The molecule has 1 rings (SSSR count). The second kappa shape index (κ2) is 5.58. The molecule has 1 aliphatic rings. The maximum Gasteiger partial charge on any atom is 0.0921 e. The van der Waals surface area contributed by atoms with Crippen LogP contribution in [-0.2, 0) is 0 Å². The van der Waals surface area contributed by atoms with Crippen molar-refractivity contribution in [1.82, 2.24) is 0 Å². The molecular formula is C10H21NO2. The third-order valence-electron chi connectivity index (χ3n) is 3.01. The first-order valence-electron chi connectivity index (χ1n) is 5.28. The van der Waals surface area contributed by atoms with Gasteiger partial charge in [0.1, 0.15) is 0 Å². The van der Waals surface area contributed by atoms with E-state index >= 15 is 0 Å². The summed E-state index contributed by atoms with van der Waals surface area (Å²) in [5.41, 5.74) is 5.75. The van der Waals surface area contributed by atoms with Gasteiger partial charge in [-0.2, -0.15) is 0 Å². The predicted molar refractivity (Wildman–Crippen MR) is 52.3 cm³/mol. The first kappa shape index (κ1) is 11.0. The van der Waals surface area contributed by atoms with Gasteiger partial charge in [0, 0.05) is 6.04 Å². The highest BCUT2D eigenvalue weighted by Gasteiger charge is 2.20. The Bertz CT molecular complexity index is 135. The smallest absolute Gasteiger partial charge is 0.0921 e. The molecule has 0 aromatic rings. The Kier molecular flexibility index (Phi) is 4.70. The summed E-state index contributed by atoms with van der Waals surface area (Å²) in [6.45, 7) is -0.214. The molecule has 1 saturated carbocycles. The molecule has 0 amide bonds. The zero-order valence-corrected chi connectivity index (χ0v) is 8.15. The monoisotopic (exact) mass is 187 g/mol. The van der Waals surface area contributed by atoms with Crippen molar-refractivity contribution in [3.05, 3.63) is 0 Å². The van der Waals surface area contributed by atoms with Crippen LogP contribution >= 0.6 is 0 Å². The normalized spacial score (nSPS) is 24.2. The molecule has 4 N–H and O–H groups in total. The molecule has 0 radical (unpaired) electrons. The highest BCUT2D eigenvalue weighted by Crippen LogP contribution is 2.27. The number of aliphatic hydroxyl groups excluding tert-OH is 2. The third-order valence-corrected chi connectivity index (χ3v) is 3.01. The second-order valence-corrected chi connectivity index (χ2v) is 4.15. The minimum atomic E-state index is -0.734. The van der Waals surface area contributed by atoms with E-state index in [1.807, 2.05) is 0 Å². The fourth-order valence-electron chi connectivity index (χ4n) is 2.10. The molecule has 0 bridgehead atoms. The van der Waals surface area contributed by atoms with Crippen molar-refractivity contribution in [2.75, 3.05) is 6.61 Å². The van der Waals surface area contributed by atoms with Gasteiger partial charge < -0.3 is 15.9 Å². The van der Waals surface area contributed by atoms with E-state index in [9.17, 15) is 5.11 Å². The van der Waals surface area contributed by atoms with E-state index in [0.29, 0.717) is 5.92 Å². The van der Waals surface area contributed by atoms with Gasteiger partial charge in [-0.3, -0.25) is 0 Å². The van der Waals surface area contributed by atoms with E-state index in [0.717, 1.165) is 6.42 Å². The van der Waals surface area contributed by atoms with Crippen molar-refractivity contribution in [3.8, 4) is 0 Å². The van der Waals surface area contributed by atoms with Crippen molar-refractivity contribution in [3.63, 3.8) is 0 Å². The average molecular weight is 187 g/mol. The summed E-state index contributed by atoms with van der Waals surface area (Å²) in [4.78, 5) is 0. The van der Waals surface area contributed by atoms with Gasteiger partial charge in [0.25, 0.3) is 0 Å². The van der Waals surface area contributed by atoms with E-state index in [-0.39, 0.29) is 12.6 Å². The van der Waals surface area contributed by atoms with Crippen LogP contribution in [0.5, 0.6) is 0 Å². The van der Waals surface area contributed by atoms with Crippen molar-refractivity contribution in [2.45, 2.75) is 50.7 Å². The van der Waals surface area contributed by atoms with Gasteiger partial charge >= 0.3 is 0 Å². The Balaban J connectivity index is 2.21. The van der Waals surface area contributed by atoms with Crippen LogP contribution in [0.25, 0.3) is 0 Å². The Morgan fingerprint density at radius 2 is 1.85 bits per heavy atom. The van der Waals surface area contributed by atoms with Crippen LogP contribution in [0.15, 0.2) is 0 Å². The molecule has 13 heavy (non-hydrogen) atoms. The predicted octanol–water partition coefficient (Wildman–Crippen LogP) is 0.637. The van der Waals surface area contributed by atoms with Crippen LogP contribution < -0.4 is 5.73 Å².